The highest BCUT2D eigenvalue weighted by atomic mass is 16.5. The summed E-state index contributed by atoms with van der Waals surface area (Å²) in [6, 6.07) is 13.5. The molecule has 29 heavy (non-hydrogen) atoms. The number of amides is 1. The van der Waals surface area contributed by atoms with Crippen molar-refractivity contribution in [3.8, 4) is 5.75 Å². The zero-order chi connectivity index (χ0) is 20.2. The second-order valence-electron chi connectivity index (χ2n) is 7.74. The van der Waals surface area contributed by atoms with Crippen LogP contribution in [0.5, 0.6) is 5.75 Å². The van der Waals surface area contributed by atoms with Crippen LogP contribution < -0.4 is 10.1 Å². The van der Waals surface area contributed by atoms with E-state index in [-0.39, 0.29) is 12.5 Å². The molecule has 2 aromatic carbocycles. The number of carbonyl (C=O) groups excluding carboxylic acids is 1. The number of carbonyl (C=O) groups is 1. The highest BCUT2D eigenvalue weighted by Gasteiger charge is 2.14. The Bertz CT molecular complexity index is 1010. The predicted molar refractivity (Wildman–Crippen MR) is 115 cm³/mol. The lowest BCUT2D eigenvalue weighted by Gasteiger charge is -2.13. The normalized spacial score (nSPS) is 14.4. The van der Waals surface area contributed by atoms with Gasteiger partial charge in [-0.05, 0) is 68.8 Å². The van der Waals surface area contributed by atoms with Crippen molar-refractivity contribution in [1.29, 1.82) is 0 Å². The van der Waals surface area contributed by atoms with Crippen LogP contribution in [0.4, 0.5) is 5.69 Å². The summed E-state index contributed by atoms with van der Waals surface area (Å²) in [5.41, 5.74) is 3.82. The number of benzene rings is 2. The van der Waals surface area contributed by atoms with E-state index in [2.05, 4.69) is 21.8 Å². The van der Waals surface area contributed by atoms with Gasteiger partial charge < -0.3 is 19.5 Å². The van der Waals surface area contributed by atoms with E-state index in [9.17, 15) is 4.79 Å². The van der Waals surface area contributed by atoms with Gasteiger partial charge in [-0.15, -0.1) is 0 Å². The van der Waals surface area contributed by atoms with Crippen LogP contribution in [0, 0.1) is 6.92 Å². The number of hydrogen-bond acceptors (Lipinski definition) is 4. The molecule has 3 aromatic rings. The lowest BCUT2D eigenvalue weighted by molar-refractivity contribution is -0.118. The van der Waals surface area contributed by atoms with E-state index >= 15 is 0 Å². The molecule has 2 heterocycles. The molecule has 1 aliphatic rings. The Morgan fingerprint density at radius 3 is 2.79 bits per heavy atom. The molecule has 0 unspecified atom stereocenters. The Hall–Kier alpha value is -2.86. The molecule has 0 spiro atoms. The topological polar surface area (TPSA) is 59.4 Å². The van der Waals surface area contributed by atoms with Gasteiger partial charge >= 0.3 is 0 Å². The molecular weight excluding hydrogens is 364 g/mol. The molecular formula is C23H28N4O2. The molecule has 1 saturated heterocycles. The number of ether oxygens (including phenoxy) is 1. The zero-order valence-electron chi connectivity index (χ0n) is 17.1. The summed E-state index contributed by atoms with van der Waals surface area (Å²) >= 11 is 0. The molecule has 1 fully saturated rings. The maximum atomic E-state index is 12.3. The van der Waals surface area contributed by atoms with Crippen LogP contribution in [-0.2, 0) is 18.3 Å². The summed E-state index contributed by atoms with van der Waals surface area (Å²) in [6.07, 6.45) is 3.55. The van der Waals surface area contributed by atoms with E-state index in [1.807, 2.05) is 49.4 Å². The van der Waals surface area contributed by atoms with Crippen LogP contribution in [0.3, 0.4) is 0 Å². The standard InChI is InChI=1S/C23H28N4O2/c1-17-6-5-7-19(14-17)29-16-23(28)24-18-8-9-21-20(15-18)25-22(26(21)2)10-13-27-11-3-4-12-27/h5-9,14-15H,3-4,10-13,16H2,1-2H3,(H,24,28). The second-order valence-corrected chi connectivity index (χ2v) is 7.74. The number of rotatable bonds is 7. The third-order valence-electron chi connectivity index (χ3n) is 5.47. The molecule has 1 aromatic heterocycles. The number of aromatic nitrogens is 2. The van der Waals surface area contributed by atoms with Gasteiger partial charge in [0.2, 0.25) is 0 Å². The third kappa shape index (κ3) is 4.77. The first kappa shape index (κ1) is 19.5. The average molecular weight is 393 g/mol. The largest absolute Gasteiger partial charge is 0.484 e. The van der Waals surface area contributed by atoms with Crippen molar-refractivity contribution in [2.75, 3.05) is 31.6 Å². The van der Waals surface area contributed by atoms with Crippen LogP contribution in [0.15, 0.2) is 42.5 Å². The maximum absolute atomic E-state index is 12.3. The first-order valence-electron chi connectivity index (χ1n) is 10.3. The smallest absolute Gasteiger partial charge is 0.262 e. The zero-order valence-corrected chi connectivity index (χ0v) is 17.1. The van der Waals surface area contributed by atoms with Crippen LogP contribution >= 0.6 is 0 Å². The molecule has 0 atom stereocenters. The van der Waals surface area contributed by atoms with Gasteiger partial charge in [-0.25, -0.2) is 4.98 Å². The van der Waals surface area contributed by atoms with Crippen LogP contribution in [0.25, 0.3) is 11.0 Å². The number of nitrogens with one attached hydrogen (secondary N) is 1. The Balaban J connectivity index is 1.38. The molecule has 0 saturated carbocycles. The van der Waals surface area contributed by atoms with Crippen molar-refractivity contribution in [3.05, 3.63) is 53.9 Å². The molecule has 152 valence electrons. The molecule has 4 rings (SSSR count). The Morgan fingerprint density at radius 1 is 1.17 bits per heavy atom. The maximum Gasteiger partial charge on any atom is 0.262 e. The van der Waals surface area contributed by atoms with Gasteiger partial charge in [0.25, 0.3) is 5.91 Å². The van der Waals surface area contributed by atoms with Crippen LogP contribution in [-0.4, -0.2) is 46.6 Å². The summed E-state index contributed by atoms with van der Waals surface area (Å²) in [4.78, 5) is 19.6. The second kappa shape index (κ2) is 8.66. The molecule has 0 bridgehead atoms. The number of aryl methyl sites for hydroxylation is 2. The first-order valence-corrected chi connectivity index (χ1v) is 10.3. The molecule has 6 nitrogen and oxygen atoms in total. The van der Waals surface area contributed by atoms with Gasteiger partial charge in [0.15, 0.2) is 6.61 Å². The van der Waals surface area contributed by atoms with Gasteiger partial charge in [0.1, 0.15) is 11.6 Å². The number of likely N-dealkylation sites (tertiary alicyclic amines) is 1. The van der Waals surface area contributed by atoms with Gasteiger partial charge in [0.05, 0.1) is 11.0 Å². The van der Waals surface area contributed by atoms with E-state index in [0.717, 1.165) is 41.1 Å². The average Bonchev–Trinajstić information content (AvgIpc) is 3.33. The SMILES string of the molecule is Cc1cccc(OCC(=O)Nc2ccc3c(c2)nc(CCN2CCCC2)n3C)c1. The summed E-state index contributed by atoms with van der Waals surface area (Å²) in [5, 5.41) is 2.90. The molecule has 0 radical (unpaired) electrons. The van der Waals surface area contributed by atoms with Crippen molar-refractivity contribution in [3.63, 3.8) is 0 Å². The quantitative estimate of drug-likeness (QED) is 0.668. The van der Waals surface area contributed by atoms with Crippen molar-refractivity contribution >= 4 is 22.6 Å². The lowest BCUT2D eigenvalue weighted by Crippen LogP contribution is -2.22. The van der Waals surface area contributed by atoms with Gasteiger partial charge in [0, 0.05) is 25.7 Å². The van der Waals surface area contributed by atoms with E-state index in [0.29, 0.717) is 5.75 Å². The monoisotopic (exact) mass is 392 g/mol. The summed E-state index contributed by atoms with van der Waals surface area (Å²) in [7, 11) is 2.06. The number of nitrogens with zero attached hydrogens (tertiary/aromatic N) is 3. The molecule has 1 aliphatic heterocycles. The van der Waals surface area contributed by atoms with Crippen molar-refractivity contribution < 1.29 is 9.53 Å². The van der Waals surface area contributed by atoms with Crippen molar-refractivity contribution in [2.45, 2.75) is 26.2 Å². The number of hydrogen-bond donors (Lipinski definition) is 1. The van der Waals surface area contributed by atoms with E-state index in [1.54, 1.807) is 0 Å². The fourth-order valence-electron chi connectivity index (χ4n) is 3.87. The highest BCUT2D eigenvalue weighted by molar-refractivity contribution is 5.94. The molecule has 6 heteroatoms. The minimum Gasteiger partial charge on any atom is -0.484 e. The summed E-state index contributed by atoms with van der Waals surface area (Å²) in [6.45, 7) is 5.42. The molecule has 0 aliphatic carbocycles. The summed E-state index contributed by atoms with van der Waals surface area (Å²) in [5.74, 6) is 1.59. The minimum atomic E-state index is -0.184. The first-order chi connectivity index (χ1) is 14.1. The molecule has 1 amide bonds. The number of anilines is 1. The van der Waals surface area contributed by atoms with E-state index in [4.69, 9.17) is 9.72 Å². The van der Waals surface area contributed by atoms with Gasteiger partial charge in [-0.3, -0.25) is 4.79 Å². The minimum absolute atomic E-state index is 0.0230. The highest BCUT2D eigenvalue weighted by Crippen LogP contribution is 2.21. The molecule has 1 N–H and O–H groups in total. The number of fused-ring (bicyclic) bond motifs is 1. The third-order valence-corrected chi connectivity index (χ3v) is 5.47. The predicted octanol–water partition coefficient (Wildman–Crippen LogP) is 3.54. The van der Waals surface area contributed by atoms with Crippen molar-refractivity contribution in [1.82, 2.24) is 14.5 Å². The van der Waals surface area contributed by atoms with Crippen LogP contribution in [0.2, 0.25) is 0 Å². The number of imidazole rings is 1. The Labute approximate surface area is 171 Å². The lowest BCUT2D eigenvalue weighted by atomic mass is 10.2. The fourth-order valence-corrected chi connectivity index (χ4v) is 3.87. The van der Waals surface area contributed by atoms with Gasteiger partial charge in [-0.2, -0.15) is 0 Å². The fraction of sp³-hybridized carbons (Fsp3) is 0.391. The van der Waals surface area contributed by atoms with Crippen LogP contribution in [0.1, 0.15) is 24.2 Å². The van der Waals surface area contributed by atoms with E-state index < -0.39 is 0 Å². The summed E-state index contributed by atoms with van der Waals surface area (Å²) < 4.78 is 7.73. The van der Waals surface area contributed by atoms with E-state index in [1.165, 1.54) is 25.9 Å². The van der Waals surface area contributed by atoms with Crippen molar-refractivity contribution in [2.24, 2.45) is 7.05 Å². The van der Waals surface area contributed by atoms with Gasteiger partial charge in [-0.1, -0.05) is 12.1 Å². The Morgan fingerprint density at radius 2 is 2.00 bits per heavy atom. The Kier molecular flexibility index (Phi) is 5.81.